The van der Waals surface area contributed by atoms with Crippen LogP contribution >= 0.6 is 23.8 Å². The molecule has 1 aromatic carbocycles. The van der Waals surface area contributed by atoms with Crippen LogP contribution in [0, 0.1) is 0 Å². The number of hydrazone groups is 1. The SMILES string of the molecule is CC(C)(C)N(/N=C/c1ccccc1Cl)C(N)=S. The quantitative estimate of drug-likeness (QED) is 0.510. The normalized spacial score (nSPS) is 11.8. The Kier molecular flexibility index (Phi) is 4.48. The van der Waals surface area contributed by atoms with Gasteiger partial charge in [-0.3, -0.25) is 0 Å². The van der Waals surface area contributed by atoms with Crippen molar-refractivity contribution in [3.05, 3.63) is 34.9 Å². The third-order valence-corrected chi connectivity index (χ3v) is 2.58. The Morgan fingerprint density at radius 1 is 1.41 bits per heavy atom. The van der Waals surface area contributed by atoms with Gasteiger partial charge < -0.3 is 5.73 Å². The lowest BCUT2D eigenvalue weighted by molar-refractivity contribution is 0.250. The van der Waals surface area contributed by atoms with Gasteiger partial charge in [-0.1, -0.05) is 29.8 Å². The molecule has 0 spiro atoms. The van der Waals surface area contributed by atoms with Crippen LogP contribution in [0.1, 0.15) is 26.3 Å². The maximum Gasteiger partial charge on any atom is 0.187 e. The van der Waals surface area contributed by atoms with Crippen molar-refractivity contribution in [1.29, 1.82) is 0 Å². The smallest absolute Gasteiger partial charge is 0.187 e. The summed E-state index contributed by atoms with van der Waals surface area (Å²) in [5.74, 6) is 0. The zero-order valence-corrected chi connectivity index (χ0v) is 11.7. The molecule has 5 heteroatoms. The summed E-state index contributed by atoms with van der Waals surface area (Å²) in [7, 11) is 0. The molecule has 0 aliphatic heterocycles. The van der Waals surface area contributed by atoms with E-state index in [4.69, 9.17) is 29.6 Å². The van der Waals surface area contributed by atoms with Crippen LogP contribution in [0.2, 0.25) is 5.02 Å². The van der Waals surface area contributed by atoms with Gasteiger partial charge in [-0.2, -0.15) is 5.10 Å². The van der Waals surface area contributed by atoms with Crippen molar-refractivity contribution in [2.75, 3.05) is 0 Å². The van der Waals surface area contributed by atoms with E-state index in [9.17, 15) is 0 Å². The molecule has 1 aromatic rings. The fourth-order valence-electron chi connectivity index (χ4n) is 1.26. The molecule has 1 rings (SSSR count). The molecule has 0 unspecified atom stereocenters. The summed E-state index contributed by atoms with van der Waals surface area (Å²) >= 11 is 11.0. The molecule has 2 N–H and O–H groups in total. The van der Waals surface area contributed by atoms with Gasteiger partial charge in [0.1, 0.15) is 0 Å². The number of rotatable bonds is 2. The van der Waals surface area contributed by atoms with Gasteiger partial charge in [-0.15, -0.1) is 0 Å². The second-order valence-corrected chi connectivity index (χ2v) is 5.41. The number of nitrogens with two attached hydrogens (primary N) is 1. The number of nitrogens with zero attached hydrogens (tertiary/aromatic N) is 2. The zero-order chi connectivity index (χ0) is 13.1. The van der Waals surface area contributed by atoms with Gasteiger partial charge in [-0.25, -0.2) is 5.01 Å². The van der Waals surface area contributed by atoms with Crippen LogP contribution in [0.4, 0.5) is 0 Å². The zero-order valence-electron chi connectivity index (χ0n) is 10.1. The van der Waals surface area contributed by atoms with Gasteiger partial charge in [-0.05, 0) is 39.1 Å². The third kappa shape index (κ3) is 3.98. The fourth-order valence-corrected chi connectivity index (χ4v) is 1.77. The highest BCUT2D eigenvalue weighted by Gasteiger charge is 2.21. The lowest BCUT2D eigenvalue weighted by Crippen LogP contribution is -2.44. The van der Waals surface area contributed by atoms with Crippen molar-refractivity contribution < 1.29 is 0 Å². The Labute approximate surface area is 112 Å². The largest absolute Gasteiger partial charge is 0.375 e. The molecule has 0 bridgehead atoms. The molecule has 92 valence electrons. The molecule has 0 radical (unpaired) electrons. The molecule has 3 nitrogen and oxygen atoms in total. The predicted molar refractivity (Wildman–Crippen MR) is 77.4 cm³/mol. The first-order valence-corrected chi connectivity index (χ1v) is 5.99. The molecule has 0 aliphatic rings. The van der Waals surface area contributed by atoms with Crippen LogP contribution in [0.25, 0.3) is 0 Å². The maximum atomic E-state index is 6.03. The first-order chi connectivity index (χ1) is 7.82. The second kappa shape index (κ2) is 5.47. The molecule has 0 fully saturated rings. The van der Waals surface area contributed by atoms with E-state index in [-0.39, 0.29) is 10.7 Å². The third-order valence-electron chi connectivity index (χ3n) is 2.06. The Balaban J connectivity index is 2.96. The maximum absolute atomic E-state index is 6.03. The number of thiocarbonyl (C=S) groups is 1. The van der Waals surface area contributed by atoms with Gasteiger partial charge in [0.15, 0.2) is 5.11 Å². The van der Waals surface area contributed by atoms with E-state index >= 15 is 0 Å². The average Bonchev–Trinajstić information content (AvgIpc) is 2.18. The van der Waals surface area contributed by atoms with Gasteiger partial charge >= 0.3 is 0 Å². The summed E-state index contributed by atoms with van der Waals surface area (Å²) in [4.78, 5) is 0. The molecule has 0 amide bonds. The van der Waals surface area contributed by atoms with Crippen LogP contribution in [-0.4, -0.2) is 21.9 Å². The fraction of sp³-hybridized carbons (Fsp3) is 0.333. The van der Waals surface area contributed by atoms with Crippen molar-refractivity contribution in [2.24, 2.45) is 10.8 Å². The molecular weight excluding hydrogens is 254 g/mol. The molecule has 0 heterocycles. The molecule has 0 aliphatic carbocycles. The van der Waals surface area contributed by atoms with E-state index in [0.717, 1.165) is 5.56 Å². The van der Waals surface area contributed by atoms with Gasteiger partial charge in [0.2, 0.25) is 0 Å². The van der Waals surface area contributed by atoms with Crippen molar-refractivity contribution >= 4 is 35.1 Å². The Morgan fingerprint density at radius 2 is 2.00 bits per heavy atom. The van der Waals surface area contributed by atoms with E-state index in [2.05, 4.69) is 5.10 Å². The van der Waals surface area contributed by atoms with Crippen LogP contribution in [0.15, 0.2) is 29.4 Å². The van der Waals surface area contributed by atoms with E-state index in [1.807, 2.05) is 45.0 Å². The summed E-state index contributed by atoms with van der Waals surface area (Å²) in [5, 5.41) is 6.76. The number of benzene rings is 1. The van der Waals surface area contributed by atoms with Gasteiger partial charge in [0, 0.05) is 10.6 Å². The summed E-state index contributed by atoms with van der Waals surface area (Å²) in [5.41, 5.74) is 6.21. The van der Waals surface area contributed by atoms with Gasteiger partial charge in [0.05, 0.1) is 11.8 Å². The number of hydrogen-bond donors (Lipinski definition) is 1. The molecule has 0 saturated heterocycles. The lowest BCUT2D eigenvalue weighted by atomic mass is 10.1. The van der Waals surface area contributed by atoms with Gasteiger partial charge in [0.25, 0.3) is 0 Å². The summed E-state index contributed by atoms with van der Waals surface area (Å²) in [6.07, 6.45) is 1.66. The predicted octanol–water partition coefficient (Wildman–Crippen LogP) is 3.02. The Morgan fingerprint density at radius 3 is 2.47 bits per heavy atom. The Bertz CT molecular complexity index is 438. The average molecular weight is 270 g/mol. The summed E-state index contributed by atoms with van der Waals surface area (Å²) in [6.45, 7) is 5.95. The molecule has 17 heavy (non-hydrogen) atoms. The highest BCUT2D eigenvalue weighted by molar-refractivity contribution is 7.80. The second-order valence-electron chi connectivity index (χ2n) is 4.59. The Hall–Kier alpha value is -1.13. The monoisotopic (exact) mass is 269 g/mol. The van der Waals surface area contributed by atoms with Crippen LogP contribution in [0.3, 0.4) is 0 Å². The van der Waals surface area contributed by atoms with E-state index in [0.29, 0.717) is 5.02 Å². The summed E-state index contributed by atoms with van der Waals surface area (Å²) < 4.78 is 0. The lowest BCUT2D eigenvalue weighted by Gasteiger charge is -2.31. The van der Waals surface area contributed by atoms with Crippen molar-refractivity contribution in [3.8, 4) is 0 Å². The van der Waals surface area contributed by atoms with Crippen LogP contribution < -0.4 is 5.73 Å². The van der Waals surface area contributed by atoms with E-state index in [1.165, 1.54) is 0 Å². The number of halogens is 1. The highest BCUT2D eigenvalue weighted by Crippen LogP contribution is 2.16. The van der Waals surface area contributed by atoms with E-state index in [1.54, 1.807) is 11.2 Å². The summed E-state index contributed by atoms with van der Waals surface area (Å²) in [6, 6.07) is 7.46. The minimum absolute atomic E-state index is 0.237. The molecule has 0 atom stereocenters. The topological polar surface area (TPSA) is 41.6 Å². The molecule has 0 saturated carbocycles. The van der Waals surface area contributed by atoms with Crippen molar-refractivity contribution in [3.63, 3.8) is 0 Å². The number of hydrogen-bond acceptors (Lipinski definition) is 2. The molecular formula is C12H16ClN3S. The van der Waals surface area contributed by atoms with Crippen molar-refractivity contribution in [2.45, 2.75) is 26.3 Å². The highest BCUT2D eigenvalue weighted by atomic mass is 35.5. The standard InChI is InChI=1S/C12H16ClN3S/c1-12(2,3)16(11(14)17)15-8-9-6-4-5-7-10(9)13/h4-8H,1-3H3,(H2,14,17)/b15-8+. The van der Waals surface area contributed by atoms with Crippen LogP contribution in [0.5, 0.6) is 0 Å². The van der Waals surface area contributed by atoms with Crippen LogP contribution in [-0.2, 0) is 0 Å². The molecule has 0 aromatic heterocycles. The van der Waals surface area contributed by atoms with Crippen molar-refractivity contribution in [1.82, 2.24) is 5.01 Å². The van der Waals surface area contributed by atoms with E-state index < -0.39 is 0 Å². The minimum Gasteiger partial charge on any atom is -0.375 e. The first-order valence-electron chi connectivity index (χ1n) is 5.20. The minimum atomic E-state index is -0.260. The first kappa shape index (κ1) is 13.9.